The molecule has 1 fully saturated rings. The molecule has 3 rings (SSSR count). The normalized spacial score (nSPS) is 13.5. The highest BCUT2D eigenvalue weighted by molar-refractivity contribution is 6.39. The standard InChI is InChI=1S/C18H23N5O2/c1-3-4-10-23(2)18(25)17(24)19-14-7-5-6-13(11-14)16-20-15(21-22-16)12-8-9-12/h5-7,11-12H,3-4,8-10H2,1-2H3,(H,19,24)(H,20,21,22). The topological polar surface area (TPSA) is 91.0 Å². The van der Waals surface area contributed by atoms with Crippen molar-refractivity contribution in [3.63, 3.8) is 0 Å². The zero-order chi connectivity index (χ0) is 17.8. The van der Waals surface area contributed by atoms with Crippen molar-refractivity contribution in [3.05, 3.63) is 30.1 Å². The van der Waals surface area contributed by atoms with Crippen LogP contribution in [0.25, 0.3) is 11.4 Å². The Morgan fingerprint density at radius 2 is 2.16 bits per heavy atom. The average Bonchev–Trinajstić information content (AvgIpc) is 3.36. The molecule has 132 valence electrons. The Morgan fingerprint density at radius 3 is 2.88 bits per heavy atom. The second-order valence-corrected chi connectivity index (χ2v) is 6.43. The molecular weight excluding hydrogens is 318 g/mol. The van der Waals surface area contributed by atoms with Gasteiger partial charge in [0.15, 0.2) is 5.82 Å². The van der Waals surface area contributed by atoms with E-state index >= 15 is 0 Å². The molecule has 1 aliphatic carbocycles. The number of aromatic nitrogens is 3. The molecule has 2 aromatic rings. The zero-order valence-electron chi connectivity index (χ0n) is 14.6. The summed E-state index contributed by atoms with van der Waals surface area (Å²) in [6.45, 7) is 2.62. The van der Waals surface area contributed by atoms with Gasteiger partial charge >= 0.3 is 11.8 Å². The molecule has 1 heterocycles. The third-order valence-corrected chi connectivity index (χ3v) is 4.23. The van der Waals surface area contributed by atoms with Gasteiger partial charge in [-0.2, -0.15) is 5.10 Å². The minimum atomic E-state index is -0.635. The van der Waals surface area contributed by atoms with E-state index in [1.54, 1.807) is 19.2 Å². The van der Waals surface area contributed by atoms with Crippen molar-refractivity contribution in [1.29, 1.82) is 0 Å². The molecule has 1 aromatic heterocycles. The number of carbonyl (C=O) groups excluding carboxylic acids is 2. The Balaban J connectivity index is 1.66. The molecule has 0 aliphatic heterocycles. The van der Waals surface area contributed by atoms with Crippen LogP contribution in [-0.2, 0) is 9.59 Å². The maximum atomic E-state index is 12.1. The minimum absolute atomic E-state index is 0.500. The summed E-state index contributed by atoms with van der Waals surface area (Å²) in [6, 6.07) is 7.21. The number of aromatic amines is 1. The van der Waals surface area contributed by atoms with Gasteiger partial charge in [0.1, 0.15) is 5.82 Å². The summed E-state index contributed by atoms with van der Waals surface area (Å²) in [7, 11) is 1.64. The van der Waals surface area contributed by atoms with Gasteiger partial charge < -0.3 is 10.2 Å². The van der Waals surface area contributed by atoms with Gasteiger partial charge in [-0.25, -0.2) is 4.98 Å². The lowest BCUT2D eigenvalue weighted by atomic mass is 10.2. The highest BCUT2D eigenvalue weighted by Crippen LogP contribution is 2.38. The lowest BCUT2D eigenvalue weighted by molar-refractivity contribution is -0.142. The third kappa shape index (κ3) is 4.23. The summed E-state index contributed by atoms with van der Waals surface area (Å²) in [6.07, 6.45) is 4.15. The Labute approximate surface area is 146 Å². The first-order valence-corrected chi connectivity index (χ1v) is 8.67. The van der Waals surface area contributed by atoms with E-state index in [1.165, 1.54) is 4.90 Å². The number of amides is 2. The van der Waals surface area contributed by atoms with Gasteiger partial charge in [0.05, 0.1) is 0 Å². The fourth-order valence-electron chi connectivity index (χ4n) is 2.53. The molecule has 0 bridgehead atoms. The second-order valence-electron chi connectivity index (χ2n) is 6.43. The molecule has 0 atom stereocenters. The van der Waals surface area contributed by atoms with E-state index in [2.05, 4.69) is 20.5 Å². The van der Waals surface area contributed by atoms with Crippen LogP contribution in [0.2, 0.25) is 0 Å². The van der Waals surface area contributed by atoms with E-state index in [0.717, 1.165) is 37.1 Å². The Hall–Kier alpha value is -2.70. The van der Waals surface area contributed by atoms with Crippen LogP contribution >= 0.6 is 0 Å². The summed E-state index contributed by atoms with van der Waals surface area (Å²) in [5, 5.41) is 9.87. The van der Waals surface area contributed by atoms with Crippen molar-refractivity contribution < 1.29 is 9.59 Å². The molecular formula is C18H23N5O2. The highest BCUT2D eigenvalue weighted by Gasteiger charge is 2.27. The summed E-state index contributed by atoms with van der Waals surface area (Å²) >= 11 is 0. The van der Waals surface area contributed by atoms with Gasteiger partial charge in [-0.1, -0.05) is 25.5 Å². The van der Waals surface area contributed by atoms with Gasteiger partial charge in [0, 0.05) is 30.8 Å². The number of hydrogen-bond donors (Lipinski definition) is 2. The first kappa shape index (κ1) is 17.1. The number of nitrogens with zero attached hydrogens (tertiary/aromatic N) is 3. The third-order valence-electron chi connectivity index (χ3n) is 4.23. The Bertz CT molecular complexity index is 766. The predicted molar refractivity (Wildman–Crippen MR) is 95.0 cm³/mol. The summed E-state index contributed by atoms with van der Waals surface area (Å²) in [5.74, 6) is 0.846. The molecule has 0 spiro atoms. The summed E-state index contributed by atoms with van der Waals surface area (Å²) in [4.78, 5) is 30.2. The van der Waals surface area contributed by atoms with E-state index in [4.69, 9.17) is 0 Å². The SMILES string of the molecule is CCCCN(C)C(=O)C(=O)Nc1cccc(-c2n[nH]c(C3CC3)n2)c1. The van der Waals surface area contributed by atoms with Crippen LogP contribution in [0.15, 0.2) is 24.3 Å². The molecule has 25 heavy (non-hydrogen) atoms. The number of benzene rings is 1. The van der Waals surface area contributed by atoms with Crippen LogP contribution in [0.1, 0.15) is 44.3 Å². The number of carbonyl (C=O) groups is 2. The monoisotopic (exact) mass is 341 g/mol. The van der Waals surface area contributed by atoms with Crippen LogP contribution in [0.4, 0.5) is 5.69 Å². The molecule has 0 radical (unpaired) electrons. The maximum Gasteiger partial charge on any atom is 0.313 e. The van der Waals surface area contributed by atoms with Crippen LogP contribution in [0.5, 0.6) is 0 Å². The smallest absolute Gasteiger partial charge is 0.313 e. The van der Waals surface area contributed by atoms with Gasteiger partial charge in [0.2, 0.25) is 0 Å². The summed E-state index contributed by atoms with van der Waals surface area (Å²) < 4.78 is 0. The van der Waals surface area contributed by atoms with Gasteiger partial charge in [-0.05, 0) is 31.4 Å². The van der Waals surface area contributed by atoms with Crippen LogP contribution in [0.3, 0.4) is 0 Å². The Kier molecular flexibility index (Phi) is 5.11. The molecule has 2 amide bonds. The quantitative estimate of drug-likeness (QED) is 0.790. The van der Waals surface area contributed by atoms with Gasteiger partial charge in [-0.15, -0.1) is 0 Å². The zero-order valence-corrected chi connectivity index (χ0v) is 14.6. The number of hydrogen-bond acceptors (Lipinski definition) is 4. The molecule has 1 aliphatic rings. The largest absolute Gasteiger partial charge is 0.338 e. The molecule has 1 saturated carbocycles. The van der Waals surface area contributed by atoms with Crippen LogP contribution in [0, 0.1) is 0 Å². The number of H-pyrrole nitrogens is 1. The van der Waals surface area contributed by atoms with Crippen molar-refractivity contribution in [3.8, 4) is 11.4 Å². The van der Waals surface area contributed by atoms with Crippen molar-refractivity contribution >= 4 is 17.5 Å². The highest BCUT2D eigenvalue weighted by atomic mass is 16.2. The van der Waals surface area contributed by atoms with E-state index in [9.17, 15) is 9.59 Å². The molecule has 2 N–H and O–H groups in total. The first-order valence-electron chi connectivity index (χ1n) is 8.67. The molecule has 7 heteroatoms. The van der Waals surface area contributed by atoms with E-state index in [-0.39, 0.29) is 0 Å². The summed E-state index contributed by atoms with van der Waals surface area (Å²) in [5.41, 5.74) is 1.35. The minimum Gasteiger partial charge on any atom is -0.338 e. The lowest BCUT2D eigenvalue weighted by Gasteiger charge is -2.16. The second kappa shape index (κ2) is 7.46. The number of nitrogens with one attached hydrogen (secondary N) is 2. The lowest BCUT2D eigenvalue weighted by Crippen LogP contribution is -2.37. The maximum absolute atomic E-state index is 12.1. The van der Waals surface area contributed by atoms with Crippen LogP contribution < -0.4 is 5.32 Å². The molecule has 0 unspecified atom stereocenters. The number of likely N-dealkylation sites (N-methyl/N-ethyl adjacent to an activating group) is 1. The number of rotatable bonds is 6. The first-order chi connectivity index (χ1) is 12.1. The number of unbranched alkanes of at least 4 members (excludes halogenated alkanes) is 1. The Morgan fingerprint density at radius 1 is 1.36 bits per heavy atom. The van der Waals surface area contributed by atoms with Gasteiger partial charge in [-0.3, -0.25) is 14.7 Å². The molecule has 7 nitrogen and oxygen atoms in total. The fourth-order valence-corrected chi connectivity index (χ4v) is 2.53. The van der Waals surface area contributed by atoms with Crippen molar-refractivity contribution in [2.45, 2.75) is 38.5 Å². The predicted octanol–water partition coefficient (Wildman–Crippen LogP) is 2.55. The van der Waals surface area contributed by atoms with E-state index in [0.29, 0.717) is 24.0 Å². The fraction of sp³-hybridized carbons (Fsp3) is 0.444. The van der Waals surface area contributed by atoms with Crippen molar-refractivity contribution in [2.75, 3.05) is 18.9 Å². The average molecular weight is 341 g/mol. The molecule has 1 aromatic carbocycles. The van der Waals surface area contributed by atoms with E-state index < -0.39 is 11.8 Å². The number of anilines is 1. The van der Waals surface area contributed by atoms with Crippen molar-refractivity contribution in [1.82, 2.24) is 20.1 Å². The molecule has 0 saturated heterocycles. The van der Waals surface area contributed by atoms with E-state index in [1.807, 2.05) is 19.1 Å². The van der Waals surface area contributed by atoms with Crippen LogP contribution in [-0.4, -0.2) is 45.5 Å². The van der Waals surface area contributed by atoms with Gasteiger partial charge in [0.25, 0.3) is 0 Å². The van der Waals surface area contributed by atoms with Crippen molar-refractivity contribution in [2.24, 2.45) is 0 Å².